The maximum absolute atomic E-state index is 12.2. The van der Waals surface area contributed by atoms with E-state index in [2.05, 4.69) is 27.9 Å². The topological polar surface area (TPSA) is 55.1 Å². The van der Waals surface area contributed by atoms with Crippen molar-refractivity contribution in [3.63, 3.8) is 0 Å². The van der Waals surface area contributed by atoms with Gasteiger partial charge in [0.25, 0.3) is 5.91 Å². The molecule has 0 unspecified atom stereocenters. The maximum atomic E-state index is 12.2. The van der Waals surface area contributed by atoms with Gasteiger partial charge in [-0.1, -0.05) is 36.0 Å². The van der Waals surface area contributed by atoms with Gasteiger partial charge in [-0.15, -0.1) is 0 Å². The molecule has 3 N–H and O–H groups in total. The fourth-order valence-electron chi connectivity index (χ4n) is 1.60. The summed E-state index contributed by atoms with van der Waals surface area (Å²) in [6, 6.07) is 12.2. The molecule has 2 aromatic rings. The Balaban J connectivity index is 2.24. The van der Waals surface area contributed by atoms with Crippen LogP contribution in [0.2, 0.25) is 5.02 Å². The zero-order valence-electron chi connectivity index (χ0n) is 10.2. The Morgan fingerprint density at radius 3 is 2.55 bits per heavy atom. The molecule has 3 nitrogen and oxygen atoms in total. The van der Waals surface area contributed by atoms with E-state index in [1.807, 2.05) is 0 Å². The van der Waals surface area contributed by atoms with Crippen molar-refractivity contribution in [2.75, 3.05) is 5.32 Å². The SMILES string of the molecule is NC(=S)c1cccc(C(=O)Nc2ccc(Cl)cc2I)c1. The Hall–Kier alpha value is -1.18. The molecule has 2 aromatic carbocycles. The minimum atomic E-state index is -0.219. The van der Waals surface area contributed by atoms with E-state index < -0.39 is 0 Å². The number of benzene rings is 2. The number of anilines is 1. The van der Waals surface area contributed by atoms with Crippen LogP contribution in [-0.2, 0) is 0 Å². The largest absolute Gasteiger partial charge is 0.389 e. The highest BCUT2D eigenvalue weighted by atomic mass is 127. The lowest BCUT2D eigenvalue weighted by molar-refractivity contribution is 0.102. The molecular weight excluding hydrogens is 407 g/mol. The monoisotopic (exact) mass is 416 g/mol. The molecule has 0 saturated heterocycles. The molecule has 0 radical (unpaired) electrons. The van der Waals surface area contributed by atoms with Crippen molar-refractivity contribution in [3.05, 3.63) is 62.2 Å². The third kappa shape index (κ3) is 3.68. The fourth-order valence-corrected chi connectivity index (χ4v) is 2.73. The molecule has 0 heterocycles. The van der Waals surface area contributed by atoms with E-state index in [1.54, 1.807) is 42.5 Å². The standard InChI is InChI=1S/C14H10ClIN2OS/c15-10-4-5-12(11(16)7-10)18-14(19)9-3-1-2-8(6-9)13(17)20/h1-7H,(H2,17,20)(H,18,19). The van der Waals surface area contributed by atoms with E-state index >= 15 is 0 Å². The molecule has 2 rings (SSSR count). The summed E-state index contributed by atoms with van der Waals surface area (Å²) in [6.07, 6.45) is 0. The Kier molecular flexibility index (Phi) is 4.95. The van der Waals surface area contributed by atoms with Gasteiger partial charge in [0.1, 0.15) is 4.99 Å². The number of halogens is 2. The molecule has 1 amide bonds. The van der Waals surface area contributed by atoms with Crippen LogP contribution in [0, 0.1) is 3.57 Å². The first-order valence-corrected chi connectivity index (χ1v) is 7.50. The molecule has 20 heavy (non-hydrogen) atoms. The van der Waals surface area contributed by atoms with Gasteiger partial charge < -0.3 is 11.1 Å². The van der Waals surface area contributed by atoms with Crippen LogP contribution in [0.15, 0.2) is 42.5 Å². The van der Waals surface area contributed by atoms with Crippen LogP contribution in [0.4, 0.5) is 5.69 Å². The van der Waals surface area contributed by atoms with Crippen LogP contribution in [0.1, 0.15) is 15.9 Å². The van der Waals surface area contributed by atoms with Crippen molar-refractivity contribution in [3.8, 4) is 0 Å². The van der Waals surface area contributed by atoms with Crippen molar-refractivity contribution < 1.29 is 4.79 Å². The predicted octanol–water partition coefficient (Wildman–Crippen LogP) is 3.83. The van der Waals surface area contributed by atoms with E-state index in [0.717, 1.165) is 3.57 Å². The summed E-state index contributed by atoms with van der Waals surface area (Å²) in [5.74, 6) is -0.219. The Morgan fingerprint density at radius 1 is 1.20 bits per heavy atom. The minimum Gasteiger partial charge on any atom is -0.389 e. The Morgan fingerprint density at radius 2 is 1.90 bits per heavy atom. The van der Waals surface area contributed by atoms with E-state index in [9.17, 15) is 4.79 Å². The highest BCUT2D eigenvalue weighted by Gasteiger charge is 2.09. The maximum Gasteiger partial charge on any atom is 0.255 e. The number of nitrogens with two attached hydrogens (primary N) is 1. The number of hydrogen-bond donors (Lipinski definition) is 2. The predicted molar refractivity (Wildman–Crippen MR) is 94.5 cm³/mol. The summed E-state index contributed by atoms with van der Waals surface area (Å²) >= 11 is 12.9. The minimum absolute atomic E-state index is 0.219. The number of rotatable bonds is 3. The molecule has 102 valence electrons. The average molecular weight is 417 g/mol. The fraction of sp³-hybridized carbons (Fsp3) is 0. The second-order valence-electron chi connectivity index (χ2n) is 4.02. The van der Waals surface area contributed by atoms with Crippen LogP contribution < -0.4 is 11.1 Å². The average Bonchev–Trinajstić information content (AvgIpc) is 2.42. The lowest BCUT2D eigenvalue weighted by atomic mass is 10.1. The molecule has 0 atom stereocenters. The second kappa shape index (κ2) is 6.51. The number of amides is 1. The van der Waals surface area contributed by atoms with Crippen LogP contribution >= 0.6 is 46.4 Å². The van der Waals surface area contributed by atoms with Crippen molar-refractivity contribution in [1.29, 1.82) is 0 Å². The van der Waals surface area contributed by atoms with Crippen molar-refractivity contribution >= 4 is 63.0 Å². The first-order chi connectivity index (χ1) is 9.47. The number of nitrogens with one attached hydrogen (secondary N) is 1. The van der Waals surface area contributed by atoms with E-state index in [0.29, 0.717) is 21.8 Å². The summed E-state index contributed by atoms with van der Waals surface area (Å²) in [7, 11) is 0. The molecular formula is C14H10ClIN2OS. The Labute approximate surface area is 140 Å². The van der Waals surface area contributed by atoms with Crippen molar-refractivity contribution in [1.82, 2.24) is 0 Å². The zero-order chi connectivity index (χ0) is 14.7. The number of carbonyl (C=O) groups excluding carboxylic acids is 1. The molecule has 0 aliphatic rings. The van der Waals surface area contributed by atoms with E-state index in [4.69, 9.17) is 29.6 Å². The smallest absolute Gasteiger partial charge is 0.255 e. The van der Waals surface area contributed by atoms with Gasteiger partial charge in [-0.25, -0.2) is 0 Å². The highest BCUT2D eigenvalue weighted by Crippen LogP contribution is 2.23. The summed E-state index contributed by atoms with van der Waals surface area (Å²) in [4.78, 5) is 12.5. The van der Waals surface area contributed by atoms with Gasteiger partial charge in [0.15, 0.2) is 0 Å². The van der Waals surface area contributed by atoms with E-state index in [1.165, 1.54) is 0 Å². The quantitative estimate of drug-likeness (QED) is 0.591. The third-order valence-corrected chi connectivity index (χ3v) is 3.95. The second-order valence-corrected chi connectivity index (χ2v) is 6.06. The zero-order valence-corrected chi connectivity index (χ0v) is 13.9. The number of thiocarbonyl (C=S) groups is 1. The Bertz CT molecular complexity index is 691. The normalized spacial score (nSPS) is 10.1. The van der Waals surface area contributed by atoms with Gasteiger partial charge in [0.05, 0.1) is 5.69 Å². The number of carbonyl (C=O) groups is 1. The van der Waals surface area contributed by atoms with Crippen LogP contribution in [0.3, 0.4) is 0 Å². The molecule has 6 heteroatoms. The van der Waals surface area contributed by atoms with E-state index in [-0.39, 0.29) is 10.9 Å². The van der Waals surface area contributed by atoms with Gasteiger partial charge in [-0.3, -0.25) is 4.79 Å². The van der Waals surface area contributed by atoms with Crippen LogP contribution in [-0.4, -0.2) is 10.9 Å². The van der Waals surface area contributed by atoms with Crippen molar-refractivity contribution in [2.45, 2.75) is 0 Å². The lowest BCUT2D eigenvalue weighted by Gasteiger charge is -2.08. The molecule has 0 aliphatic heterocycles. The molecule has 0 bridgehead atoms. The molecule has 0 spiro atoms. The van der Waals surface area contributed by atoms with Gasteiger partial charge >= 0.3 is 0 Å². The summed E-state index contributed by atoms with van der Waals surface area (Å²) < 4.78 is 0.869. The lowest BCUT2D eigenvalue weighted by Crippen LogP contribution is -2.15. The number of hydrogen-bond acceptors (Lipinski definition) is 2. The van der Waals surface area contributed by atoms with Gasteiger partial charge in [0, 0.05) is 19.7 Å². The van der Waals surface area contributed by atoms with Crippen LogP contribution in [0.25, 0.3) is 0 Å². The van der Waals surface area contributed by atoms with Crippen LogP contribution in [0.5, 0.6) is 0 Å². The highest BCUT2D eigenvalue weighted by molar-refractivity contribution is 14.1. The van der Waals surface area contributed by atoms with Gasteiger partial charge in [-0.2, -0.15) is 0 Å². The molecule has 0 aromatic heterocycles. The third-order valence-electron chi connectivity index (χ3n) is 2.59. The summed E-state index contributed by atoms with van der Waals surface area (Å²) in [5.41, 5.74) is 7.44. The molecule has 0 fully saturated rings. The summed E-state index contributed by atoms with van der Waals surface area (Å²) in [5, 5.41) is 3.46. The molecule has 0 aliphatic carbocycles. The summed E-state index contributed by atoms with van der Waals surface area (Å²) in [6.45, 7) is 0. The first kappa shape index (κ1) is 15.2. The van der Waals surface area contributed by atoms with Gasteiger partial charge in [0.2, 0.25) is 0 Å². The van der Waals surface area contributed by atoms with Crippen molar-refractivity contribution in [2.24, 2.45) is 5.73 Å². The molecule has 0 saturated carbocycles. The van der Waals surface area contributed by atoms with Gasteiger partial charge in [-0.05, 0) is 52.9 Å². The first-order valence-electron chi connectivity index (χ1n) is 5.63.